The molecule has 2 aromatic heterocycles. The highest BCUT2D eigenvalue weighted by Crippen LogP contribution is 2.40. The Labute approximate surface area is 201 Å². The Hall–Kier alpha value is -2.93. The molecule has 7 nitrogen and oxygen atoms in total. The Morgan fingerprint density at radius 2 is 1.94 bits per heavy atom. The van der Waals surface area contributed by atoms with Crippen LogP contribution in [0.4, 0.5) is 5.69 Å². The van der Waals surface area contributed by atoms with E-state index in [9.17, 15) is 4.79 Å². The van der Waals surface area contributed by atoms with Crippen molar-refractivity contribution in [3.05, 3.63) is 53.3 Å². The first kappa shape index (κ1) is 22.8. The fourth-order valence-corrected chi connectivity index (χ4v) is 4.72. The van der Waals surface area contributed by atoms with Gasteiger partial charge in [0.15, 0.2) is 5.65 Å². The zero-order valence-electron chi connectivity index (χ0n) is 20.7. The van der Waals surface area contributed by atoms with Crippen molar-refractivity contribution < 1.29 is 9.53 Å². The molecule has 2 aliphatic rings. The number of hydrogen-bond donors (Lipinski definition) is 0. The number of aromatic nitrogens is 3. The van der Waals surface area contributed by atoms with E-state index in [-0.39, 0.29) is 18.1 Å². The first-order chi connectivity index (χ1) is 16.4. The molecule has 0 N–H and O–H groups in total. The van der Waals surface area contributed by atoms with E-state index in [1.54, 1.807) is 0 Å². The van der Waals surface area contributed by atoms with E-state index in [0.29, 0.717) is 24.6 Å². The third-order valence-corrected chi connectivity index (χ3v) is 6.86. The Balaban J connectivity index is 1.51. The van der Waals surface area contributed by atoms with Gasteiger partial charge in [0, 0.05) is 57.1 Å². The molecule has 3 aromatic rings. The van der Waals surface area contributed by atoms with Gasteiger partial charge in [-0.25, -0.2) is 9.67 Å². The molecule has 3 heterocycles. The fraction of sp³-hybridized carbons (Fsp3) is 0.519. The van der Waals surface area contributed by atoms with Gasteiger partial charge in [-0.1, -0.05) is 12.1 Å². The van der Waals surface area contributed by atoms with Crippen molar-refractivity contribution in [3.8, 4) is 0 Å². The van der Waals surface area contributed by atoms with Gasteiger partial charge in [-0.2, -0.15) is 5.10 Å². The average Bonchev–Trinajstić information content (AvgIpc) is 3.37. The summed E-state index contributed by atoms with van der Waals surface area (Å²) in [6.07, 6.45) is 6.22. The molecule has 180 valence electrons. The molecule has 1 aromatic carbocycles. The maximum Gasteiger partial charge on any atom is 0.255 e. The molecule has 34 heavy (non-hydrogen) atoms. The largest absolute Gasteiger partial charge is 0.378 e. The minimum absolute atomic E-state index is 0.0322. The lowest BCUT2D eigenvalue weighted by Gasteiger charge is -2.26. The van der Waals surface area contributed by atoms with E-state index in [1.807, 2.05) is 35.9 Å². The number of carbonyl (C=O) groups excluding carboxylic acids is 1. The zero-order chi connectivity index (χ0) is 23.8. The molecule has 0 bridgehead atoms. The summed E-state index contributed by atoms with van der Waals surface area (Å²) in [5.74, 6) is 0.487. The summed E-state index contributed by atoms with van der Waals surface area (Å²) in [5.41, 5.74) is 4.80. The van der Waals surface area contributed by atoms with E-state index >= 15 is 0 Å². The first-order valence-corrected chi connectivity index (χ1v) is 12.5. The minimum Gasteiger partial charge on any atom is -0.378 e. The van der Waals surface area contributed by atoms with Crippen molar-refractivity contribution in [1.82, 2.24) is 19.7 Å². The SMILES string of the molecule is CC(C)n1ncc2c(C(=O)N(Cc3ccc(N(C)C)cc3)C[C@H]3CCCO3)cc(C3CC3)nc21. The van der Waals surface area contributed by atoms with Crippen LogP contribution in [0.2, 0.25) is 0 Å². The van der Waals surface area contributed by atoms with Crippen molar-refractivity contribution in [1.29, 1.82) is 0 Å². The second kappa shape index (κ2) is 9.37. The zero-order valence-corrected chi connectivity index (χ0v) is 20.7. The van der Waals surface area contributed by atoms with Gasteiger partial charge in [0.25, 0.3) is 5.91 Å². The third-order valence-electron chi connectivity index (χ3n) is 6.86. The van der Waals surface area contributed by atoms with Crippen molar-refractivity contribution >= 4 is 22.6 Å². The van der Waals surface area contributed by atoms with Gasteiger partial charge in [0.1, 0.15) is 0 Å². The van der Waals surface area contributed by atoms with Gasteiger partial charge in [-0.15, -0.1) is 0 Å². The number of benzene rings is 1. The molecule has 1 amide bonds. The topological polar surface area (TPSA) is 63.5 Å². The van der Waals surface area contributed by atoms with E-state index < -0.39 is 0 Å². The highest BCUT2D eigenvalue weighted by Gasteiger charge is 2.30. The van der Waals surface area contributed by atoms with Crippen molar-refractivity contribution in [2.45, 2.75) is 64.1 Å². The van der Waals surface area contributed by atoms with Gasteiger partial charge in [0.2, 0.25) is 0 Å². The molecular weight excluding hydrogens is 426 g/mol. The summed E-state index contributed by atoms with van der Waals surface area (Å²) in [4.78, 5) is 23.1. The van der Waals surface area contributed by atoms with Crippen LogP contribution in [0.1, 0.15) is 73.1 Å². The normalized spacial score (nSPS) is 18.1. The Bertz CT molecular complexity index is 1160. The van der Waals surface area contributed by atoms with Crippen LogP contribution < -0.4 is 4.90 Å². The summed E-state index contributed by atoms with van der Waals surface area (Å²) < 4.78 is 7.86. The second-order valence-corrected chi connectivity index (χ2v) is 10.2. The summed E-state index contributed by atoms with van der Waals surface area (Å²) in [6, 6.07) is 10.6. The Kier molecular flexibility index (Phi) is 6.30. The molecular formula is C27H35N5O2. The Morgan fingerprint density at radius 3 is 2.56 bits per heavy atom. The fourth-order valence-electron chi connectivity index (χ4n) is 4.72. The highest BCUT2D eigenvalue weighted by molar-refractivity contribution is 6.05. The number of fused-ring (bicyclic) bond motifs is 1. The van der Waals surface area contributed by atoms with Crippen LogP contribution in [-0.2, 0) is 11.3 Å². The van der Waals surface area contributed by atoms with Crippen LogP contribution in [0.25, 0.3) is 11.0 Å². The van der Waals surface area contributed by atoms with E-state index in [0.717, 1.165) is 60.3 Å². The number of nitrogens with zero attached hydrogens (tertiary/aromatic N) is 5. The van der Waals surface area contributed by atoms with E-state index in [2.05, 4.69) is 48.1 Å². The number of rotatable bonds is 8. The quantitative estimate of drug-likeness (QED) is 0.483. The number of hydrogen-bond acceptors (Lipinski definition) is 5. The number of ether oxygens (including phenoxy) is 1. The number of carbonyl (C=O) groups is 1. The van der Waals surface area contributed by atoms with Gasteiger partial charge in [-0.3, -0.25) is 4.79 Å². The van der Waals surface area contributed by atoms with Gasteiger partial charge in [-0.05, 0) is 63.3 Å². The minimum atomic E-state index is 0.0322. The number of anilines is 1. The lowest BCUT2D eigenvalue weighted by atomic mass is 10.1. The van der Waals surface area contributed by atoms with Gasteiger partial charge < -0.3 is 14.5 Å². The molecule has 1 aliphatic heterocycles. The van der Waals surface area contributed by atoms with Crippen LogP contribution in [-0.4, -0.2) is 58.9 Å². The van der Waals surface area contributed by atoms with Crippen molar-refractivity contribution in [2.24, 2.45) is 0 Å². The molecule has 7 heteroatoms. The molecule has 5 rings (SSSR count). The molecule has 1 aliphatic carbocycles. The molecule has 0 spiro atoms. The first-order valence-electron chi connectivity index (χ1n) is 12.5. The summed E-state index contributed by atoms with van der Waals surface area (Å²) in [5, 5.41) is 5.42. The summed E-state index contributed by atoms with van der Waals surface area (Å²) in [7, 11) is 4.07. The van der Waals surface area contributed by atoms with E-state index in [4.69, 9.17) is 9.72 Å². The molecule has 0 unspecified atom stereocenters. The van der Waals surface area contributed by atoms with Crippen LogP contribution >= 0.6 is 0 Å². The predicted octanol–water partition coefficient (Wildman–Crippen LogP) is 4.78. The summed E-state index contributed by atoms with van der Waals surface area (Å²) >= 11 is 0. The maximum absolute atomic E-state index is 14.1. The maximum atomic E-state index is 14.1. The molecule has 1 atom stereocenters. The lowest BCUT2D eigenvalue weighted by Crippen LogP contribution is -2.37. The highest BCUT2D eigenvalue weighted by atomic mass is 16.5. The van der Waals surface area contributed by atoms with Crippen molar-refractivity contribution in [3.63, 3.8) is 0 Å². The van der Waals surface area contributed by atoms with Crippen LogP contribution in [0.3, 0.4) is 0 Å². The van der Waals surface area contributed by atoms with Crippen molar-refractivity contribution in [2.75, 3.05) is 32.1 Å². The number of amides is 1. The summed E-state index contributed by atoms with van der Waals surface area (Å²) in [6.45, 7) is 6.11. The van der Waals surface area contributed by atoms with Gasteiger partial charge in [0.05, 0.1) is 23.3 Å². The Morgan fingerprint density at radius 1 is 1.18 bits per heavy atom. The standard InChI is InChI=1S/C27H35N5O2/c1-18(2)32-26-24(15-28-32)23(14-25(29-26)20-9-10-20)27(33)31(17-22-6-5-13-34-22)16-19-7-11-21(12-8-19)30(3)4/h7-8,11-12,14-15,18,20,22H,5-6,9-10,13,16-17H2,1-4H3/t22-/m1/s1. The predicted molar refractivity (Wildman–Crippen MR) is 134 cm³/mol. The lowest BCUT2D eigenvalue weighted by molar-refractivity contribution is 0.0508. The monoisotopic (exact) mass is 461 g/mol. The molecule has 2 fully saturated rings. The molecule has 0 radical (unpaired) electrons. The van der Waals surface area contributed by atoms with Crippen LogP contribution in [0.15, 0.2) is 36.5 Å². The smallest absolute Gasteiger partial charge is 0.255 e. The number of pyridine rings is 1. The average molecular weight is 462 g/mol. The molecule has 1 saturated heterocycles. The van der Waals surface area contributed by atoms with Crippen LogP contribution in [0.5, 0.6) is 0 Å². The molecule has 1 saturated carbocycles. The third kappa shape index (κ3) is 4.67. The van der Waals surface area contributed by atoms with Crippen LogP contribution in [0, 0.1) is 0 Å². The van der Waals surface area contributed by atoms with E-state index in [1.165, 1.54) is 0 Å². The van der Waals surface area contributed by atoms with Gasteiger partial charge >= 0.3 is 0 Å². The second-order valence-electron chi connectivity index (χ2n) is 10.2.